The van der Waals surface area contributed by atoms with E-state index in [0.29, 0.717) is 12.2 Å². The fraction of sp³-hybridized carbons (Fsp3) is 0.222. The van der Waals surface area contributed by atoms with Gasteiger partial charge in [-0.15, -0.1) is 0 Å². The first-order valence-corrected chi connectivity index (χ1v) is 4.02. The first kappa shape index (κ1) is 9.54. The van der Waals surface area contributed by atoms with Gasteiger partial charge in [-0.1, -0.05) is 12.1 Å². The maximum atomic E-state index is 11.1. The average Bonchev–Trinajstić information content (AvgIpc) is 2.09. The summed E-state index contributed by atoms with van der Waals surface area (Å²) < 4.78 is 0. The van der Waals surface area contributed by atoms with Gasteiger partial charge < -0.3 is 16.2 Å². The molecule has 70 valence electrons. The minimum Gasteiger partial charge on any atom is -0.506 e. The zero-order valence-electron chi connectivity index (χ0n) is 7.16. The van der Waals surface area contributed by atoms with Gasteiger partial charge in [0.2, 0.25) is 5.91 Å². The van der Waals surface area contributed by atoms with Crippen LogP contribution < -0.4 is 11.1 Å². The van der Waals surface area contributed by atoms with Gasteiger partial charge >= 0.3 is 0 Å². The highest BCUT2D eigenvalue weighted by molar-refractivity contribution is 5.92. The van der Waals surface area contributed by atoms with Gasteiger partial charge in [0, 0.05) is 13.0 Å². The molecule has 0 bridgehead atoms. The van der Waals surface area contributed by atoms with Gasteiger partial charge in [0.1, 0.15) is 5.75 Å². The Labute approximate surface area is 76.4 Å². The van der Waals surface area contributed by atoms with Crippen molar-refractivity contribution in [3.63, 3.8) is 0 Å². The molecule has 1 rings (SSSR count). The Morgan fingerprint density at radius 3 is 2.77 bits per heavy atom. The maximum Gasteiger partial charge on any atom is 0.225 e. The molecule has 4 N–H and O–H groups in total. The van der Waals surface area contributed by atoms with Gasteiger partial charge in [0.05, 0.1) is 5.69 Å². The minimum atomic E-state index is -0.191. The van der Waals surface area contributed by atoms with E-state index >= 15 is 0 Å². The van der Waals surface area contributed by atoms with Crippen molar-refractivity contribution in [1.82, 2.24) is 0 Å². The predicted molar refractivity (Wildman–Crippen MR) is 50.4 cm³/mol. The highest BCUT2D eigenvalue weighted by Gasteiger charge is 2.03. The topological polar surface area (TPSA) is 75.4 Å². The van der Waals surface area contributed by atoms with E-state index < -0.39 is 0 Å². The second kappa shape index (κ2) is 4.47. The standard InChI is InChI=1S/C9H12N2O2/c10-6-5-9(13)11-7-3-1-2-4-8(7)12/h1-4,12H,5-6,10H2,(H,11,13). The van der Waals surface area contributed by atoms with Crippen LogP contribution in [0.15, 0.2) is 24.3 Å². The van der Waals surface area contributed by atoms with E-state index in [-0.39, 0.29) is 18.1 Å². The number of rotatable bonds is 3. The molecule has 4 nitrogen and oxygen atoms in total. The summed E-state index contributed by atoms with van der Waals surface area (Å²) in [5.74, 6) is -0.128. The summed E-state index contributed by atoms with van der Waals surface area (Å²) in [7, 11) is 0. The highest BCUT2D eigenvalue weighted by atomic mass is 16.3. The molecule has 0 aliphatic rings. The number of anilines is 1. The summed E-state index contributed by atoms with van der Waals surface area (Å²) >= 11 is 0. The lowest BCUT2D eigenvalue weighted by molar-refractivity contribution is -0.116. The van der Waals surface area contributed by atoms with Gasteiger partial charge in [0.15, 0.2) is 0 Å². The molecule has 0 spiro atoms. The number of phenolic OH excluding ortho intramolecular Hbond substituents is 1. The number of aromatic hydroxyl groups is 1. The fourth-order valence-electron chi connectivity index (χ4n) is 0.923. The molecule has 0 fully saturated rings. The van der Waals surface area contributed by atoms with E-state index in [4.69, 9.17) is 5.73 Å². The molecule has 0 atom stereocenters. The fourth-order valence-corrected chi connectivity index (χ4v) is 0.923. The molecule has 0 unspecified atom stereocenters. The molecule has 1 aromatic carbocycles. The van der Waals surface area contributed by atoms with Crippen molar-refractivity contribution >= 4 is 11.6 Å². The quantitative estimate of drug-likeness (QED) is 0.599. The normalized spacial score (nSPS) is 9.62. The van der Waals surface area contributed by atoms with Crippen molar-refractivity contribution < 1.29 is 9.90 Å². The lowest BCUT2D eigenvalue weighted by Crippen LogP contribution is -2.16. The summed E-state index contributed by atoms with van der Waals surface area (Å²) in [5, 5.41) is 11.8. The Morgan fingerprint density at radius 2 is 2.15 bits per heavy atom. The number of phenols is 1. The molecule has 0 saturated heterocycles. The number of carbonyl (C=O) groups is 1. The van der Waals surface area contributed by atoms with Crippen molar-refractivity contribution in [3.8, 4) is 5.75 Å². The van der Waals surface area contributed by atoms with Crippen LogP contribution in [0.5, 0.6) is 5.75 Å². The van der Waals surface area contributed by atoms with E-state index in [1.54, 1.807) is 18.2 Å². The Kier molecular flexibility index (Phi) is 3.28. The van der Waals surface area contributed by atoms with Gasteiger partial charge in [0.25, 0.3) is 0 Å². The number of nitrogens with two attached hydrogens (primary N) is 1. The van der Waals surface area contributed by atoms with Crippen LogP contribution in [-0.4, -0.2) is 17.6 Å². The van der Waals surface area contributed by atoms with E-state index in [1.807, 2.05) is 0 Å². The van der Waals surface area contributed by atoms with E-state index in [0.717, 1.165) is 0 Å². The number of benzene rings is 1. The van der Waals surface area contributed by atoms with Crippen LogP contribution >= 0.6 is 0 Å². The molecular formula is C9H12N2O2. The molecule has 0 aromatic heterocycles. The van der Waals surface area contributed by atoms with Crippen LogP contribution in [-0.2, 0) is 4.79 Å². The number of carbonyl (C=O) groups excluding carboxylic acids is 1. The third kappa shape index (κ3) is 2.76. The smallest absolute Gasteiger partial charge is 0.225 e. The molecule has 0 saturated carbocycles. The molecule has 4 heteroatoms. The number of hydrogen-bond acceptors (Lipinski definition) is 3. The lowest BCUT2D eigenvalue weighted by Gasteiger charge is -2.05. The van der Waals surface area contributed by atoms with Crippen molar-refractivity contribution in [2.24, 2.45) is 5.73 Å². The van der Waals surface area contributed by atoms with Crippen molar-refractivity contribution in [2.45, 2.75) is 6.42 Å². The Hall–Kier alpha value is -1.55. The van der Waals surface area contributed by atoms with Gasteiger partial charge in [-0.3, -0.25) is 4.79 Å². The second-order valence-electron chi connectivity index (χ2n) is 2.60. The largest absolute Gasteiger partial charge is 0.506 e. The Balaban J connectivity index is 2.63. The number of nitrogens with one attached hydrogen (secondary N) is 1. The van der Waals surface area contributed by atoms with Crippen LogP contribution in [0.3, 0.4) is 0 Å². The molecule has 1 amide bonds. The first-order valence-electron chi connectivity index (χ1n) is 4.02. The first-order chi connectivity index (χ1) is 6.24. The van der Waals surface area contributed by atoms with Gasteiger partial charge in [-0.25, -0.2) is 0 Å². The molecule has 0 radical (unpaired) electrons. The molecule has 0 heterocycles. The summed E-state index contributed by atoms with van der Waals surface area (Å²) in [4.78, 5) is 11.1. The predicted octanol–water partition coefficient (Wildman–Crippen LogP) is 0.679. The molecule has 1 aromatic rings. The minimum absolute atomic E-state index is 0.0628. The van der Waals surface area contributed by atoms with Crippen LogP contribution in [0, 0.1) is 0 Å². The van der Waals surface area contributed by atoms with Crippen LogP contribution in [0.25, 0.3) is 0 Å². The monoisotopic (exact) mass is 180 g/mol. The molecule has 13 heavy (non-hydrogen) atoms. The summed E-state index contributed by atoms with van der Waals surface area (Å²) in [6.45, 7) is 0.305. The van der Waals surface area contributed by atoms with E-state index in [9.17, 15) is 9.90 Å². The highest BCUT2D eigenvalue weighted by Crippen LogP contribution is 2.21. The van der Waals surface area contributed by atoms with Crippen LogP contribution in [0.2, 0.25) is 0 Å². The van der Waals surface area contributed by atoms with Crippen molar-refractivity contribution in [1.29, 1.82) is 0 Å². The number of amides is 1. The van der Waals surface area contributed by atoms with E-state index in [2.05, 4.69) is 5.32 Å². The summed E-state index contributed by atoms with van der Waals surface area (Å²) in [6, 6.07) is 6.56. The number of hydrogen-bond donors (Lipinski definition) is 3. The van der Waals surface area contributed by atoms with E-state index in [1.165, 1.54) is 6.07 Å². The van der Waals surface area contributed by atoms with Crippen molar-refractivity contribution in [2.75, 3.05) is 11.9 Å². The Morgan fingerprint density at radius 1 is 1.46 bits per heavy atom. The average molecular weight is 180 g/mol. The Bertz CT molecular complexity index is 299. The molecule has 0 aliphatic carbocycles. The van der Waals surface area contributed by atoms with Gasteiger partial charge in [-0.05, 0) is 12.1 Å². The SMILES string of the molecule is NCCC(=O)Nc1ccccc1O. The van der Waals surface area contributed by atoms with Crippen LogP contribution in [0.1, 0.15) is 6.42 Å². The van der Waals surface area contributed by atoms with Crippen LogP contribution in [0.4, 0.5) is 5.69 Å². The zero-order chi connectivity index (χ0) is 9.68. The van der Waals surface area contributed by atoms with Gasteiger partial charge in [-0.2, -0.15) is 0 Å². The number of para-hydroxylation sites is 2. The maximum absolute atomic E-state index is 11.1. The zero-order valence-corrected chi connectivity index (χ0v) is 7.16. The third-order valence-corrected chi connectivity index (χ3v) is 1.55. The van der Waals surface area contributed by atoms with Crippen molar-refractivity contribution in [3.05, 3.63) is 24.3 Å². The third-order valence-electron chi connectivity index (χ3n) is 1.55. The summed E-state index contributed by atoms with van der Waals surface area (Å²) in [6.07, 6.45) is 0.258. The second-order valence-corrected chi connectivity index (χ2v) is 2.60. The molecular weight excluding hydrogens is 168 g/mol. The molecule has 0 aliphatic heterocycles. The summed E-state index contributed by atoms with van der Waals surface area (Å²) in [5.41, 5.74) is 5.62. The lowest BCUT2D eigenvalue weighted by atomic mass is 10.3.